The molecule has 2 heterocycles. The number of fused-ring (bicyclic) bond motifs is 1. The van der Waals surface area contributed by atoms with Gasteiger partial charge in [0.25, 0.3) is 0 Å². The summed E-state index contributed by atoms with van der Waals surface area (Å²) in [5.74, 6) is 0.812. The maximum Gasteiger partial charge on any atom is 0.408 e. The maximum atomic E-state index is 12.3. The molecule has 1 atom stereocenters. The standard InChI is InChI=1S/C17H24N2O3/c1-16(2,3)22-15(20)19-14-12-6-4-5-7-13(12)21-17(14)8-10-18-11-9-17/h4-7,14,18H,8-11H2,1-3H3,(H,19,20)/i/hD. The molecule has 0 aliphatic carbocycles. The van der Waals surface area contributed by atoms with E-state index in [1.54, 1.807) is 5.31 Å². The predicted molar refractivity (Wildman–Crippen MR) is 84.0 cm³/mol. The fraction of sp³-hybridized carbons (Fsp3) is 0.588. The summed E-state index contributed by atoms with van der Waals surface area (Å²) < 4.78 is 19.4. The van der Waals surface area contributed by atoms with Crippen molar-refractivity contribution in [2.75, 3.05) is 13.1 Å². The van der Waals surface area contributed by atoms with Gasteiger partial charge in [-0.2, -0.15) is 0 Å². The summed E-state index contributed by atoms with van der Waals surface area (Å²) in [7, 11) is 0. The van der Waals surface area contributed by atoms with Crippen molar-refractivity contribution in [3.63, 3.8) is 0 Å². The molecule has 2 aliphatic heterocycles. The van der Waals surface area contributed by atoms with Gasteiger partial charge in [-0.05, 0) is 39.9 Å². The van der Waals surface area contributed by atoms with Gasteiger partial charge < -0.3 is 20.1 Å². The van der Waals surface area contributed by atoms with Crippen LogP contribution in [0.15, 0.2) is 24.3 Å². The molecule has 1 unspecified atom stereocenters. The van der Waals surface area contributed by atoms with Crippen molar-refractivity contribution in [1.29, 1.82) is 0 Å². The highest BCUT2D eigenvalue weighted by Gasteiger charge is 2.50. The summed E-state index contributed by atoms with van der Waals surface area (Å²) in [6.45, 7) is 6.79. The average Bonchev–Trinajstić information content (AvgIpc) is 2.75. The number of alkyl carbamates (subject to hydrolysis) is 1. The molecule has 5 nitrogen and oxygen atoms in total. The van der Waals surface area contributed by atoms with Crippen LogP contribution < -0.4 is 15.4 Å². The Kier molecular flexibility index (Phi) is 3.45. The van der Waals surface area contributed by atoms with Crippen LogP contribution in [0.5, 0.6) is 5.75 Å². The largest absolute Gasteiger partial charge is 0.484 e. The topological polar surface area (TPSA) is 59.6 Å². The van der Waals surface area contributed by atoms with Crippen LogP contribution in [-0.4, -0.2) is 30.4 Å². The van der Waals surface area contributed by atoms with E-state index < -0.39 is 17.3 Å². The lowest BCUT2D eigenvalue weighted by atomic mass is 9.83. The average molecular weight is 305 g/mol. The van der Waals surface area contributed by atoms with Gasteiger partial charge in [-0.3, -0.25) is 0 Å². The Hall–Kier alpha value is -1.75. The molecule has 2 aliphatic rings. The predicted octanol–water partition coefficient (Wildman–Crippen LogP) is 2.77. The molecule has 1 amide bonds. The molecule has 1 fully saturated rings. The van der Waals surface area contributed by atoms with Crippen molar-refractivity contribution in [3.8, 4) is 5.75 Å². The minimum atomic E-state index is -0.541. The molecule has 22 heavy (non-hydrogen) atoms. The summed E-state index contributed by atoms with van der Waals surface area (Å²) in [6, 6.07) is 7.55. The molecule has 1 saturated heterocycles. The monoisotopic (exact) mass is 305 g/mol. The fourth-order valence-electron chi connectivity index (χ4n) is 3.17. The highest BCUT2D eigenvalue weighted by molar-refractivity contribution is 5.69. The van der Waals surface area contributed by atoms with Gasteiger partial charge in [0, 0.05) is 18.4 Å². The van der Waals surface area contributed by atoms with Crippen LogP contribution in [0.2, 0.25) is 1.41 Å². The van der Waals surface area contributed by atoms with Crippen LogP contribution in [0.3, 0.4) is 0 Å². The van der Waals surface area contributed by atoms with Gasteiger partial charge in [-0.25, -0.2) is 4.79 Å². The first-order valence-corrected chi connectivity index (χ1v) is 7.80. The van der Waals surface area contributed by atoms with Gasteiger partial charge in [0.05, 0.1) is 0 Å². The zero-order chi connectivity index (χ0) is 16.7. The molecule has 120 valence electrons. The normalized spacial score (nSPS) is 24.3. The molecule has 0 bridgehead atoms. The summed E-state index contributed by atoms with van der Waals surface area (Å²) in [4.78, 5) is 12.3. The molecule has 1 aromatic rings. The number of carbonyl (C=O) groups excluding carboxylic acids is 1. The quantitative estimate of drug-likeness (QED) is 0.837. The van der Waals surface area contributed by atoms with E-state index in [1.807, 2.05) is 45.0 Å². The fourth-order valence-corrected chi connectivity index (χ4v) is 3.17. The minimum absolute atomic E-state index is 0.248. The second-order valence-electron chi connectivity index (χ2n) is 6.95. The number of benzene rings is 1. The SMILES string of the molecule is [2H]N1CCC2(CC1)Oc1ccccc1C2NC(=O)OC(C)(C)C. The van der Waals surface area contributed by atoms with Crippen LogP contribution in [0.25, 0.3) is 0 Å². The molecule has 2 N–H and O–H groups in total. The first kappa shape index (κ1) is 13.9. The Balaban J connectivity index is 1.85. The third-order valence-corrected chi connectivity index (χ3v) is 4.12. The lowest BCUT2D eigenvalue weighted by Gasteiger charge is -2.38. The maximum absolute atomic E-state index is 12.3. The van der Waals surface area contributed by atoms with Crippen molar-refractivity contribution in [3.05, 3.63) is 29.8 Å². The Labute approximate surface area is 132 Å². The second-order valence-corrected chi connectivity index (χ2v) is 6.95. The zero-order valence-corrected chi connectivity index (χ0v) is 13.4. The van der Waals surface area contributed by atoms with E-state index in [0.717, 1.165) is 11.3 Å². The first-order valence-electron chi connectivity index (χ1n) is 8.25. The van der Waals surface area contributed by atoms with Gasteiger partial charge in [-0.1, -0.05) is 18.2 Å². The van der Waals surface area contributed by atoms with E-state index in [4.69, 9.17) is 10.9 Å². The molecular weight excluding hydrogens is 280 g/mol. The van der Waals surface area contributed by atoms with Gasteiger partial charge in [0.1, 0.15) is 24.4 Å². The summed E-state index contributed by atoms with van der Waals surface area (Å²) in [5.41, 5.74) is -0.0457. The van der Waals surface area contributed by atoms with E-state index in [-0.39, 0.29) is 6.04 Å². The van der Waals surface area contributed by atoms with Crippen LogP contribution in [-0.2, 0) is 4.74 Å². The third kappa shape index (κ3) is 2.90. The van der Waals surface area contributed by atoms with Crippen molar-refractivity contribution in [2.45, 2.75) is 50.9 Å². The highest BCUT2D eigenvalue weighted by Crippen LogP contribution is 2.47. The summed E-state index contributed by atoms with van der Waals surface area (Å²) >= 11 is 0. The Morgan fingerprint density at radius 1 is 1.41 bits per heavy atom. The summed E-state index contributed by atoms with van der Waals surface area (Å²) in [5, 5.41) is 4.54. The number of rotatable bonds is 1. The van der Waals surface area contributed by atoms with Crippen LogP contribution >= 0.6 is 0 Å². The molecule has 1 aromatic carbocycles. The number of carbonyl (C=O) groups is 1. The third-order valence-electron chi connectivity index (χ3n) is 4.12. The minimum Gasteiger partial charge on any atom is -0.484 e. The Morgan fingerprint density at radius 2 is 2.09 bits per heavy atom. The Morgan fingerprint density at radius 3 is 2.77 bits per heavy atom. The number of piperidine rings is 1. The van der Waals surface area contributed by atoms with Crippen molar-refractivity contribution in [1.82, 2.24) is 10.6 Å². The molecule has 0 aromatic heterocycles. The van der Waals surface area contributed by atoms with Crippen LogP contribution in [0, 0.1) is 0 Å². The number of para-hydroxylation sites is 1. The van der Waals surface area contributed by atoms with Crippen LogP contribution in [0.1, 0.15) is 45.2 Å². The smallest absolute Gasteiger partial charge is 0.408 e. The van der Waals surface area contributed by atoms with Gasteiger partial charge in [-0.15, -0.1) is 0 Å². The van der Waals surface area contributed by atoms with Crippen molar-refractivity contribution in [2.24, 2.45) is 0 Å². The first-order chi connectivity index (χ1) is 10.8. The van der Waals surface area contributed by atoms with Crippen LogP contribution in [0.4, 0.5) is 4.79 Å². The zero-order valence-electron chi connectivity index (χ0n) is 14.4. The number of hydrogen-bond acceptors (Lipinski definition) is 4. The van der Waals surface area contributed by atoms with Crippen molar-refractivity contribution >= 4 is 6.09 Å². The number of nitrogens with one attached hydrogen (secondary N) is 2. The number of hydrogen-bond donors (Lipinski definition) is 2. The van der Waals surface area contributed by atoms with E-state index in [1.165, 1.54) is 0 Å². The Bertz CT molecular complexity index is 592. The van der Waals surface area contributed by atoms with Crippen molar-refractivity contribution < 1.29 is 15.7 Å². The molecule has 5 heteroatoms. The molecule has 1 spiro atoms. The summed E-state index contributed by atoms with van der Waals surface area (Å²) in [6.07, 6.45) is 0.965. The second kappa shape index (κ2) is 5.47. The molecule has 3 rings (SSSR count). The lowest BCUT2D eigenvalue weighted by Crippen LogP contribution is -2.53. The number of amides is 1. The molecule has 0 saturated carbocycles. The molecular formula is C17H24N2O3. The van der Waals surface area contributed by atoms with E-state index in [9.17, 15) is 4.79 Å². The van der Waals surface area contributed by atoms with E-state index >= 15 is 0 Å². The molecule has 0 radical (unpaired) electrons. The van der Waals surface area contributed by atoms with E-state index in [0.29, 0.717) is 25.9 Å². The lowest BCUT2D eigenvalue weighted by molar-refractivity contribution is 0.0113. The highest BCUT2D eigenvalue weighted by atomic mass is 16.6. The van der Waals surface area contributed by atoms with Gasteiger partial charge >= 0.3 is 6.09 Å². The van der Waals surface area contributed by atoms with Gasteiger partial charge in [0.15, 0.2) is 0 Å². The number of ether oxygens (including phenoxy) is 2. The van der Waals surface area contributed by atoms with E-state index in [2.05, 4.69) is 5.32 Å². The van der Waals surface area contributed by atoms with Gasteiger partial charge in [0.2, 0.25) is 0 Å².